The van der Waals surface area contributed by atoms with Crippen molar-refractivity contribution < 1.29 is 50.6 Å². The van der Waals surface area contributed by atoms with Gasteiger partial charge in [0.05, 0.1) is 29.2 Å². The summed E-state index contributed by atoms with van der Waals surface area (Å²) in [6.45, 7) is 18.0. The molecular formula is C49H63F2N13O9S. The van der Waals surface area contributed by atoms with Crippen LogP contribution in [0.2, 0.25) is 0 Å². The van der Waals surface area contributed by atoms with Crippen molar-refractivity contribution in [2.45, 2.75) is 103 Å². The first kappa shape index (κ1) is 54.5. The molecule has 3 aromatic heterocycles. The van der Waals surface area contributed by atoms with Gasteiger partial charge in [-0.15, -0.1) is 0 Å². The van der Waals surface area contributed by atoms with E-state index in [1.165, 1.54) is 37.6 Å². The number of para-hydroxylation sites is 1. The first-order valence-corrected chi connectivity index (χ1v) is 25.5. The van der Waals surface area contributed by atoms with E-state index in [0.29, 0.717) is 61.2 Å². The Morgan fingerprint density at radius 1 is 0.932 bits per heavy atom. The van der Waals surface area contributed by atoms with Crippen molar-refractivity contribution in [1.29, 1.82) is 0 Å². The summed E-state index contributed by atoms with van der Waals surface area (Å²) in [5.41, 5.74) is 0.646. The monoisotopic (exact) mass is 1050 g/mol. The number of benzene rings is 2. The number of rotatable bonds is 16. The summed E-state index contributed by atoms with van der Waals surface area (Å²) >= 11 is 0. The molecule has 2 aliphatic heterocycles. The molecule has 5 heterocycles. The molecule has 5 N–H and O–H groups in total. The van der Waals surface area contributed by atoms with Gasteiger partial charge in [-0.3, -0.25) is 24.4 Å². The van der Waals surface area contributed by atoms with Crippen LogP contribution in [0.5, 0.6) is 11.5 Å². The number of hydrogen-bond donors (Lipinski definition) is 5. The highest BCUT2D eigenvalue weighted by Gasteiger charge is 2.46. The van der Waals surface area contributed by atoms with Gasteiger partial charge in [-0.25, -0.2) is 41.9 Å². The Kier molecular flexibility index (Phi) is 16.2. The Bertz CT molecular complexity index is 2980. The number of sulfone groups is 1. The van der Waals surface area contributed by atoms with Crippen LogP contribution >= 0.6 is 0 Å². The maximum Gasteiger partial charge on any atom is 0.407 e. The number of carbonyl (C=O) groups excluding carboxylic acids is 4. The lowest BCUT2D eigenvalue weighted by Gasteiger charge is -2.35. The van der Waals surface area contributed by atoms with Crippen molar-refractivity contribution in [3.8, 4) is 11.5 Å². The smallest absolute Gasteiger partial charge is 0.407 e. The summed E-state index contributed by atoms with van der Waals surface area (Å²) in [4.78, 5) is 76.6. The molecular weight excluding hydrogens is 985 g/mol. The van der Waals surface area contributed by atoms with Gasteiger partial charge in [0.15, 0.2) is 27.5 Å². The second kappa shape index (κ2) is 22.1. The number of halogens is 2. The molecule has 2 aromatic carbocycles. The van der Waals surface area contributed by atoms with E-state index in [9.17, 15) is 36.4 Å². The van der Waals surface area contributed by atoms with Gasteiger partial charge >= 0.3 is 6.09 Å². The highest BCUT2D eigenvalue weighted by Crippen LogP contribution is 2.38. The van der Waals surface area contributed by atoms with E-state index >= 15 is 0 Å². The van der Waals surface area contributed by atoms with E-state index in [4.69, 9.17) is 14.2 Å². The molecule has 398 valence electrons. The summed E-state index contributed by atoms with van der Waals surface area (Å²) < 4.78 is 73.8. The van der Waals surface area contributed by atoms with Crippen LogP contribution in [0.4, 0.5) is 36.8 Å². The van der Waals surface area contributed by atoms with Gasteiger partial charge in [-0.1, -0.05) is 26.8 Å². The maximum atomic E-state index is 14.7. The summed E-state index contributed by atoms with van der Waals surface area (Å²) in [6, 6.07) is 3.76. The predicted molar refractivity (Wildman–Crippen MR) is 270 cm³/mol. The minimum atomic E-state index is -3.89. The molecule has 0 radical (unpaired) electrons. The number of aromatic nitrogens is 6. The summed E-state index contributed by atoms with van der Waals surface area (Å²) in [7, 11) is -2.56. The number of likely N-dealkylation sites (tertiary alicyclic amines) is 1. The van der Waals surface area contributed by atoms with Crippen molar-refractivity contribution >= 4 is 67.8 Å². The zero-order valence-electron chi connectivity index (χ0n) is 43.0. The first-order valence-electron chi connectivity index (χ1n) is 24.0. The number of aromatic amines is 1. The maximum absolute atomic E-state index is 14.7. The van der Waals surface area contributed by atoms with Gasteiger partial charge < -0.3 is 45.3 Å². The van der Waals surface area contributed by atoms with Gasteiger partial charge in [0.1, 0.15) is 64.9 Å². The van der Waals surface area contributed by atoms with Gasteiger partial charge in [-0.2, -0.15) is 5.10 Å². The molecule has 4 amide bonds. The lowest BCUT2D eigenvalue weighted by Crippen LogP contribution is -2.58. The molecule has 0 aliphatic carbocycles. The standard InChI is InChI=1S/C49H63F2N13O9S/c1-27-28(2)60-61-41(27)59-42-32-21-38(74(69,70)49(7,8)9)37(22-35(32)55-26-56-42)71-19-18-62-14-16-63(17-15-62)46-53-23-31(24-54-46)73-30-20-36(44(66)57-39-33(50)12-11-13-34(39)51)64(25-30)45(67)40(48(4,5)6)58-43(65)29(3)72-47(68)52-10/h11-13,21-24,26,29-30,36,40H,14-20,25H2,1-10H3,(H,52,68)(H,57,66)(H,58,65)(H2,55,56,59,60,61)/t29?,30-,36-,40?/m0/s1. The van der Waals surface area contributed by atoms with E-state index in [1.54, 1.807) is 53.7 Å². The molecule has 74 heavy (non-hydrogen) atoms. The number of hydrogen-bond acceptors (Lipinski definition) is 17. The fraction of sp³-hybridized carbons (Fsp3) is 0.490. The number of nitrogens with zero attached hydrogens (tertiary/aromatic N) is 8. The Balaban J connectivity index is 0.991. The van der Waals surface area contributed by atoms with E-state index in [2.05, 4.69) is 56.3 Å². The lowest BCUT2D eigenvalue weighted by atomic mass is 9.85. The van der Waals surface area contributed by atoms with Gasteiger partial charge in [0.2, 0.25) is 17.8 Å². The third-order valence-corrected chi connectivity index (χ3v) is 15.4. The number of H-pyrrole nitrogens is 1. The van der Waals surface area contributed by atoms with Crippen LogP contribution in [0, 0.1) is 30.9 Å². The normalized spacial score (nSPS) is 17.4. The van der Waals surface area contributed by atoms with Crippen LogP contribution in [-0.4, -0.2) is 154 Å². The van der Waals surface area contributed by atoms with Crippen LogP contribution in [0.3, 0.4) is 0 Å². The van der Waals surface area contributed by atoms with Crippen molar-refractivity contribution in [1.82, 2.24) is 50.6 Å². The van der Waals surface area contributed by atoms with Gasteiger partial charge in [0, 0.05) is 68.9 Å². The molecule has 2 unspecified atom stereocenters. The minimum Gasteiger partial charge on any atom is -0.491 e. The number of anilines is 4. The van der Waals surface area contributed by atoms with E-state index < -0.39 is 85.4 Å². The molecule has 2 saturated heterocycles. The van der Waals surface area contributed by atoms with Crippen LogP contribution in [0.15, 0.2) is 53.9 Å². The molecule has 2 aliphatic rings. The molecule has 25 heteroatoms. The third-order valence-electron chi connectivity index (χ3n) is 12.8. The van der Waals surface area contributed by atoms with Crippen molar-refractivity contribution in [2.24, 2.45) is 5.41 Å². The van der Waals surface area contributed by atoms with Crippen LogP contribution in [0.1, 0.15) is 66.1 Å². The van der Waals surface area contributed by atoms with E-state index in [0.717, 1.165) is 29.5 Å². The minimum absolute atomic E-state index is 0.0252. The highest BCUT2D eigenvalue weighted by molar-refractivity contribution is 7.92. The van der Waals surface area contributed by atoms with E-state index in [1.807, 2.05) is 18.7 Å². The number of nitrogens with one attached hydrogen (secondary N) is 5. The summed E-state index contributed by atoms with van der Waals surface area (Å²) in [5.74, 6) is -2.56. The summed E-state index contributed by atoms with van der Waals surface area (Å²) in [6.07, 6.45) is 1.27. The quantitative estimate of drug-likeness (QED) is 0.0887. The number of ether oxygens (including phenoxy) is 3. The van der Waals surface area contributed by atoms with Crippen LogP contribution in [0.25, 0.3) is 10.9 Å². The third kappa shape index (κ3) is 12.2. The largest absolute Gasteiger partial charge is 0.491 e. The Morgan fingerprint density at radius 3 is 2.22 bits per heavy atom. The number of amides is 4. The fourth-order valence-electron chi connectivity index (χ4n) is 8.26. The molecule has 5 aromatic rings. The highest BCUT2D eigenvalue weighted by atomic mass is 32.2. The molecule has 0 bridgehead atoms. The average Bonchev–Trinajstić information content (AvgIpc) is 3.92. The van der Waals surface area contributed by atoms with Gasteiger partial charge in [-0.05, 0) is 65.2 Å². The Morgan fingerprint density at radius 2 is 1.61 bits per heavy atom. The second-order valence-electron chi connectivity index (χ2n) is 20.2. The molecule has 7 rings (SSSR count). The van der Waals surface area contributed by atoms with E-state index in [-0.39, 0.29) is 36.0 Å². The number of fused-ring (bicyclic) bond motifs is 1. The van der Waals surface area contributed by atoms with Crippen molar-refractivity contribution in [2.75, 3.05) is 68.5 Å². The SMILES string of the molecule is CNC(=O)OC(C)C(=O)NC(C(=O)N1C[C@@H](Oc2cnc(N3CCN(CCOc4cc5ncnc(Nc6n[nH]c(C)c6C)c5cc4S(=O)(=O)C(C)(C)C)CC3)nc2)C[C@H]1C(=O)Nc1c(F)cccc1F)C(C)(C)C. The number of alkyl carbamates (subject to hydrolysis) is 1. The zero-order valence-corrected chi connectivity index (χ0v) is 43.8. The molecule has 0 saturated carbocycles. The molecule has 4 atom stereocenters. The summed E-state index contributed by atoms with van der Waals surface area (Å²) in [5, 5.41) is 18.1. The molecule has 22 nitrogen and oxygen atoms in total. The average molecular weight is 1050 g/mol. The Labute approximate surface area is 427 Å². The van der Waals surface area contributed by atoms with Gasteiger partial charge in [0.25, 0.3) is 5.91 Å². The van der Waals surface area contributed by atoms with Crippen molar-refractivity contribution in [3.63, 3.8) is 0 Å². The number of piperazine rings is 1. The van der Waals surface area contributed by atoms with Crippen LogP contribution < -0.4 is 35.6 Å². The fourth-order valence-corrected chi connectivity index (χ4v) is 9.58. The first-order chi connectivity index (χ1) is 34.9. The van der Waals surface area contributed by atoms with Crippen LogP contribution in [-0.2, 0) is 29.0 Å². The Hall–Kier alpha value is -7.28. The second-order valence-corrected chi connectivity index (χ2v) is 22.8. The van der Waals surface area contributed by atoms with Crippen molar-refractivity contribution in [3.05, 3.63) is 71.9 Å². The predicted octanol–water partition coefficient (Wildman–Crippen LogP) is 4.82. The number of aryl methyl sites for hydroxylation is 1. The zero-order chi connectivity index (χ0) is 53.9. The lowest BCUT2D eigenvalue weighted by molar-refractivity contribution is -0.144. The number of carbonyl (C=O) groups is 4. The molecule has 0 spiro atoms. The topological polar surface area (TPSA) is 268 Å². The molecule has 2 fully saturated rings.